The smallest absolute Gasteiger partial charge is 0.261 e. The number of fused-ring (bicyclic) bond motifs is 1. The van der Waals surface area contributed by atoms with Gasteiger partial charge in [-0.3, -0.25) is 14.5 Å². The molecule has 1 unspecified atom stereocenters. The van der Waals surface area contributed by atoms with Gasteiger partial charge >= 0.3 is 0 Å². The molecule has 2 aromatic carbocycles. The highest BCUT2D eigenvalue weighted by Gasteiger charge is 2.34. The predicted molar refractivity (Wildman–Crippen MR) is 95.3 cm³/mol. The Bertz CT molecular complexity index is 711. The van der Waals surface area contributed by atoms with E-state index in [1.807, 2.05) is 30.3 Å². The molecule has 0 saturated heterocycles. The highest BCUT2D eigenvalue weighted by molar-refractivity contribution is 6.21. The van der Waals surface area contributed by atoms with E-state index in [0.717, 1.165) is 12.0 Å². The van der Waals surface area contributed by atoms with E-state index in [0.29, 0.717) is 30.6 Å². The highest BCUT2D eigenvalue weighted by atomic mass is 16.3. The first kappa shape index (κ1) is 17.3. The molecular weight excluding hydrogens is 316 g/mol. The summed E-state index contributed by atoms with van der Waals surface area (Å²) < 4.78 is 0. The lowest BCUT2D eigenvalue weighted by atomic mass is 10.0. The van der Waals surface area contributed by atoms with E-state index in [1.165, 1.54) is 4.90 Å². The van der Waals surface area contributed by atoms with E-state index in [9.17, 15) is 9.59 Å². The van der Waals surface area contributed by atoms with Crippen molar-refractivity contribution in [2.45, 2.75) is 18.9 Å². The lowest BCUT2D eigenvalue weighted by Gasteiger charge is -2.21. The fraction of sp³-hybridized carbons (Fsp3) is 0.300. The summed E-state index contributed by atoms with van der Waals surface area (Å²) in [6.45, 7) is 0.981. The lowest BCUT2D eigenvalue weighted by Crippen LogP contribution is -2.37. The summed E-state index contributed by atoms with van der Waals surface area (Å²) in [7, 11) is 0. The number of rotatable bonds is 8. The summed E-state index contributed by atoms with van der Waals surface area (Å²) >= 11 is 0. The van der Waals surface area contributed by atoms with Gasteiger partial charge in [-0.25, -0.2) is 0 Å². The first-order valence-electron chi connectivity index (χ1n) is 8.57. The molecule has 1 heterocycles. The quantitative estimate of drug-likeness (QED) is 0.725. The van der Waals surface area contributed by atoms with Crippen LogP contribution in [0, 0.1) is 0 Å². The zero-order valence-electron chi connectivity index (χ0n) is 14.0. The van der Waals surface area contributed by atoms with Crippen LogP contribution in [0.5, 0.6) is 0 Å². The summed E-state index contributed by atoms with van der Waals surface area (Å²) in [5, 5.41) is 12.5. The van der Waals surface area contributed by atoms with Crippen LogP contribution in [0.2, 0.25) is 0 Å². The highest BCUT2D eigenvalue weighted by Crippen LogP contribution is 2.22. The van der Waals surface area contributed by atoms with E-state index >= 15 is 0 Å². The van der Waals surface area contributed by atoms with Gasteiger partial charge in [-0.05, 0) is 30.5 Å². The Hall–Kier alpha value is -2.50. The third-order valence-corrected chi connectivity index (χ3v) is 4.46. The third kappa shape index (κ3) is 3.78. The number of hydrogen-bond acceptors (Lipinski definition) is 4. The van der Waals surface area contributed by atoms with Crippen LogP contribution in [0.15, 0.2) is 54.6 Å². The van der Waals surface area contributed by atoms with Gasteiger partial charge in [-0.15, -0.1) is 0 Å². The third-order valence-electron chi connectivity index (χ3n) is 4.46. The predicted octanol–water partition coefficient (Wildman–Crippen LogP) is 2.39. The van der Waals surface area contributed by atoms with Gasteiger partial charge < -0.3 is 10.4 Å². The minimum absolute atomic E-state index is 0.0866. The molecule has 3 rings (SSSR count). The molecule has 2 amide bonds. The molecule has 0 radical (unpaired) electrons. The van der Waals surface area contributed by atoms with Crippen LogP contribution in [0.1, 0.15) is 45.2 Å². The molecule has 1 aliphatic rings. The number of imide groups is 1. The lowest BCUT2D eigenvalue weighted by molar-refractivity contribution is 0.0654. The Labute approximate surface area is 147 Å². The maximum Gasteiger partial charge on any atom is 0.261 e. The van der Waals surface area contributed by atoms with Crippen molar-refractivity contribution in [1.29, 1.82) is 0 Å². The number of benzene rings is 2. The number of hydrogen-bond donors (Lipinski definition) is 2. The van der Waals surface area contributed by atoms with Crippen molar-refractivity contribution in [3.05, 3.63) is 71.3 Å². The Morgan fingerprint density at radius 1 is 0.920 bits per heavy atom. The van der Waals surface area contributed by atoms with Crippen molar-refractivity contribution in [2.24, 2.45) is 0 Å². The molecule has 0 spiro atoms. The van der Waals surface area contributed by atoms with E-state index in [4.69, 9.17) is 5.11 Å². The number of amides is 2. The van der Waals surface area contributed by atoms with E-state index < -0.39 is 0 Å². The maximum atomic E-state index is 12.4. The van der Waals surface area contributed by atoms with Gasteiger partial charge in [0.15, 0.2) is 0 Å². The largest absolute Gasteiger partial charge is 0.396 e. The topological polar surface area (TPSA) is 69.6 Å². The summed E-state index contributed by atoms with van der Waals surface area (Å²) in [5.41, 5.74) is 2.10. The monoisotopic (exact) mass is 338 g/mol. The zero-order valence-corrected chi connectivity index (χ0v) is 14.0. The SMILES string of the molecule is O=C1c2ccccc2C(=O)N1CCNC(CCCO)c1ccccc1. The molecular formula is C20H22N2O3. The summed E-state index contributed by atoms with van der Waals surface area (Å²) in [4.78, 5) is 26.0. The molecule has 0 bridgehead atoms. The molecule has 0 fully saturated rings. The Kier molecular flexibility index (Phi) is 5.58. The number of carbonyl (C=O) groups excluding carboxylic acids is 2. The van der Waals surface area contributed by atoms with Gasteiger partial charge in [0.2, 0.25) is 0 Å². The van der Waals surface area contributed by atoms with Crippen LogP contribution in [0.3, 0.4) is 0 Å². The molecule has 0 aromatic heterocycles. The van der Waals surface area contributed by atoms with Crippen LogP contribution in [-0.2, 0) is 0 Å². The van der Waals surface area contributed by atoms with E-state index in [2.05, 4.69) is 5.32 Å². The van der Waals surface area contributed by atoms with Crippen molar-refractivity contribution in [3.8, 4) is 0 Å². The van der Waals surface area contributed by atoms with Gasteiger partial charge in [0, 0.05) is 25.7 Å². The molecule has 25 heavy (non-hydrogen) atoms. The van der Waals surface area contributed by atoms with Crippen LogP contribution in [0.25, 0.3) is 0 Å². The molecule has 2 N–H and O–H groups in total. The summed E-state index contributed by atoms with van der Waals surface area (Å²) in [6.07, 6.45) is 1.49. The number of aliphatic hydroxyl groups is 1. The van der Waals surface area contributed by atoms with Gasteiger partial charge in [0.05, 0.1) is 11.1 Å². The number of nitrogens with zero attached hydrogens (tertiary/aromatic N) is 1. The normalized spacial score (nSPS) is 14.7. The van der Waals surface area contributed by atoms with Crippen molar-refractivity contribution in [2.75, 3.05) is 19.7 Å². The number of nitrogens with one attached hydrogen (secondary N) is 1. The van der Waals surface area contributed by atoms with Crippen molar-refractivity contribution < 1.29 is 14.7 Å². The average Bonchev–Trinajstić information content (AvgIpc) is 2.90. The molecule has 1 aliphatic heterocycles. The second-order valence-corrected chi connectivity index (χ2v) is 6.09. The van der Waals surface area contributed by atoms with Gasteiger partial charge in [-0.1, -0.05) is 42.5 Å². The summed E-state index contributed by atoms with van der Waals surface area (Å²) in [5.74, 6) is -0.456. The Balaban J connectivity index is 1.61. The molecule has 130 valence electrons. The molecule has 2 aromatic rings. The molecule has 1 atom stereocenters. The first-order chi connectivity index (χ1) is 12.2. The van der Waals surface area contributed by atoms with Crippen LogP contribution in [0.4, 0.5) is 0 Å². The van der Waals surface area contributed by atoms with E-state index in [1.54, 1.807) is 24.3 Å². The molecule has 5 nitrogen and oxygen atoms in total. The second-order valence-electron chi connectivity index (χ2n) is 6.09. The van der Waals surface area contributed by atoms with Gasteiger partial charge in [-0.2, -0.15) is 0 Å². The zero-order chi connectivity index (χ0) is 17.6. The van der Waals surface area contributed by atoms with Crippen molar-refractivity contribution in [1.82, 2.24) is 10.2 Å². The van der Waals surface area contributed by atoms with Crippen LogP contribution >= 0.6 is 0 Å². The minimum atomic E-state index is -0.228. The number of aliphatic hydroxyl groups excluding tert-OH is 1. The van der Waals surface area contributed by atoms with Gasteiger partial charge in [0.25, 0.3) is 11.8 Å². The van der Waals surface area contributed by atoms with Gasteiger partial charge in [0.1, 0.15) is 0 Å². The van der Waals surface area contributed by atoms with Crippen LogP contribution < -0.4 is 5.32 Å². The second kappa shape index (κ2) is 8.05. The van der Waals surface area contributed by atoms with Crippen LogP contribution in [-0.4, -0.2) is 41.5 Å². The maximum absolute atomic E-state index is 12.4. The fourth-order valence-electron chi connectivity index (χ4n) is 3.16. The summed E-state index contributed by atoms with van der Waals surface area (Å²) in [6, 6.07) is 17.0. The Morgan fingerprint density at radius 2 is 1.52 bits per heavy atom. The minimum Gasteiger partial charge on any atom is -0.396 e. The first-order valence-corrected chi connectivity index (χ1v) is 8.57. The Morgan fingerprint density at radius 3 is 2.12 bits per heavy atom. The standard InChI is InChI=1S/C20H22N2O3/c23-14-6-11-18(15-7-2-1-3-8-15)21-12-13-22-19(24)16-9-4-5-10-17(16)20(22)25/h1-5,7-10,18,21,23H,6,11-14H2. The molecule has 0 saturated carbocycles. The fourth-order valence-corrected chi connectivity index (χ4v) is 3.16. The molecule has 5 heteroatoms. The number of carbonyl (C=O) groups is 2. The van der Waals surface area contributed by atoms with Crippen molar-refractivity contribution >= 4 is 11.8 Å². The van der Waals surface area contributed by atoms with Crippen molar-refractivity contribution in [3.63, 3.8) is 0 Å². The average molecular weight is 338 g/mol. The molecule has 0 aliphatic carbocycles. The van der Waals surface area contributed by atoms with E-state index in [-0.39, 0.29) is 24.5 Å².